The Labute approximate surface area is 119 Å². The SMILES string of the molecule is N/C(=N/N=C/c1cc2ccccc2s1)c1cnccn1. The molecule has 3 rings (SSSR count). The van der Waals surface area contributed by atoms with E-state index in [0.717, 1.165) is 4.88 Å². The van der Waals surface area contributed by atoms with Crippen molar-refractivity contribution in [2.75, 3.05) is 0 Å². The summed E-state index contributed by atoms with van der Waals surface area (Å²) >= 11 is 1.66. The molecule has 2 N–H and O–H groups in total. The summed E-state index contributed by atoms with van der Waals surface area (Å²) < 4.78 is 1.22. The van der Waals surface area contributed by atoms with E-state index in [1.165, 1.54) is 10.1 Å². The second kappa shape index (κ2) is 5.58. The van der Waals surface area contributed by atoms with E-state index in [4.69, 9.17) is 5.73 Å². The summed E-state index contributed by atoms with van der Waals surface area (Å²) in [5.41, 5.74) is 6.29. The summed E-state index contributed by atoms with van der Waals surface area (Å²) in [5, 5.41) is 9.12. The Morgan fingerprint density at radius 1 is 1.25 bits per heavy atom. The summed E-state index contributed by atoms with van der Waals surface area (Å²) in [4.78, 5) is 9.01. The number of hydrogen-bond donors (Lipinski definition) is 1. The zero-order chi connectivity index (χ0) is 13.8. The van der Waals surface area contributed by atoms with E-state index in [1.807, 2.05) is 12.1 Å². The van der Waals surface area contributed by atoms with Crippen LogP contribution in [0.1, 0.15) is 10.6 Å². The third-order valence-electron chi connectivity index (χ3n) is 2.62. The number of aromatic nitrogens is 2. The zero-order valence-corrected chi connectivity index (χ0v) is 11.3. The van der Waals surface area contributed by atoms with Gasteiger partial charge in [-0.2, -0.15) is 5.10 Å². The predicted octanol–water partition coefficient (Wildman–Crippen LogP) is 2.43. The summed E-state index contributed by atoms with van der Waals surface area (Å²) in [6.07, 6.45) is 6.38. The second-order valence-corrected chi connectivity index (χ2v) is 5.12. The minimum atomic E-state index is 0.246. The molecule has 0 spiro atoms. The van der Waals surface area contributed by atoms with Gasteiger partial charge in [-0.3, -0.25) is 4.98 Å². The lowest BCUT2D eigenvalue weighted by atomic mass is 10.2. The van der Waals surface area contributed by atoms with Crippen molar-refractivity contribution >= 4 is 33.5 Å². The van der Waals surface area contributed by atoms with Gasteiger partial charge in [-0.25, -0.2) is 4.98 Å². The molecule has 2 heterocycles. The molecule has 0 aliphatic heterocycles. The highest BCUT2D eigenvalue weighted by Gasteiger charge is 1.99. The summed E-state index contributed by atoms with van der Waals surface area (Å²) in [6, 6.07) is 10.2. The molecule has 98 valence electrons. The molecule has 1 aromatic carbocycles. The van der Waals surface area contributed by atoms with Crippen molar-refractivity contribution in [3.05, 3.63) is 59.5 Å². The van der Waals surface area contributed by atoms with Crippen LogP contribution < -0.4 is 5.73 Å². The molecule has 0 amide bonds. The van der Waals surface area contributed by atoms with Crippen LogP contribution in [-0.4, -0.2) is 22.0 Å². The van der Waals surface area contributed by atoms with E-state index in [2.05, 4.69) is 38.4 Å². The average molecular weight is 281 g/mol. The van der Waals surface area contributed by atoms with Gasteiger partial charge < -0.3 is 5.73 Å². The fourth-order valence-electron chi connectivity index (χ4n) is 1.70. The van der Waals surface area contributed by atoms with Crippen LogP contribution in [0, 0.1) is 0 Å². The van der Waals surface area contributed by atoms with E-state index in [9.17, 15) is 0 Å². The van der Waals surface area contributed by atoms with Crippen molar-refractivity contribution in [1.82, 2.24) is 9.97 Å². The van der Waals surface area contributed by atoms with Crippen LogP contribution in [0.2, 0.25) is 0 Å². The number of rotatable bonds is 3. The van der Waals surface area contributed by atoms with Crippen LogP contribution in [0.4, 0.5) is 0 Å². The van der Waals surface area contributed by atoms with Crippen LogP contribution in [0.25, 0.3) is 10.1 Å². The maximum atomic E-state index is 5.77. The maximum absolute atomic E-state index is 5.77. The fourth-order valence-corrected chi connectivity index (χ4v) is 2.63. The minimum absolute atomic E-state index is 0.246. The highest BCUT2D eigenvalue weighted by atomic mass is 32.1. The Morgan fingerprint density at radius 2 is 2.15 bits per heavy atom. The highest BCUT2D eigenvalue weighted by molar-refractivity contribution is 7.20. The zero-order valence-electron chi connectivity index (χ0n) is 10.5. The molecule has 2 aromatic heterocycles. The molecule has 0 saturated heterocycles. The standard InChI is InChI=1S/C14H11N5S/c15-14(12-9-16-5-6-17-12)19-18-8-11-7-10-3-1-2-4-13(10)20-11/h1-9H,(H2,15,19)/b18-8+. The van der Waals surface area contributed by atoms with Crippen molar-refractivity contribution in [3.8, 4) is 0 Å². The predicted molar refractivity (Wildman–Crippen MR) is 82.2 cm³/mol. The number of thiophene rings is 1. The molecule has 0 atom stereocenters. The quantitative estimate of drug-likeness (QED) is 0.455. The number of fused-ring (bicyclic) bond motifs is 1. The van der Waals surface area contributed by atoms with E-state index in [-0.39, 0.29) is 5.84 Å². The lowest BCUT2D eigenvalue weighted by Crippen LogP contribution is -2.14. The number of benzene rings is 1. The molecule has 0 fully saturated rings. The molecule has 0 aliphatic carbocycles. The van der Waals surface area contributed by atoms with Gasteiger partial charge in [0.05, 0.1) is 12.4 Å². The third kappa shape index (κ3) is 2.70. The molecule has 0 radical (unpaired) electrons. The van der Waals surface area contributed by atoms with Crippen LogP contribution in [0.5, 0.6) is 0 Å². The van der Waals surface area contributed by atoms with Crippen molar-refractivity contribution in [1.29, 1.82) is 0 Å². The molecule has 6 heteroatoms. The Kier molecular flexibility index (Phi) is 3.47. The fraction of sp³-hybridized carbons (Fsp3) is 0. The van der Waals surface area contributed by atoms with E-state index >= 15 is 0 Å². The number of hydrogen-bond acceptors (Lipinski definition) is 5. The topological polar surface area (TPSA) is 76.5 Å². The van der Waals surface area contributed by atoms with Gasteiger partial charge in [0.15, 0.2) is 5.84 Å². The van der Waals surface area contributed by atoms with Crippen LogP contribution in [-0.2, 0) is 0 Å². The molecule has 0 aliphatic rings. The normalized spacial score (nSPS) is 12.3. The second-order valence-electron chi connectivity index (χ2n) is 4.01. The monoisotopic (exact) mass is 281 g/mol. The summed E-state index contributed by atoms with van der Waals surface area (Å²) in [7, 11) is 0. The van der Waals surface area contributed by atoms with Crippen molar-refractivity contribution in [3.63, 3.8) is 0 Å². The number of nitrogens with zero attached hydrogens (tertiary/aromatic N) is 4. The van der Waals surface area contributed by atoms with Crippen molar-refractivity contribution < 1.29 is 0 Å². The highest BCUT2D eigenvalue weighted by Crippen LogP contribution is 2.23. The Hall–Kier alpha value is -2.60. The third-order valence-corrected chi connectivity index (χ3v) is 3.67. The van der Waals surface area contributed by atoms with Gasteiger partial charge in [-0.05, 0) is 17.5 Å². The van der Waals surface area contributed by atoms with Gasteiger partial charge in [0.1, 0.15) is 5.69 Å². The van der Waals surface area contributed by atoms with E-state index in [0.29, 0.717) is 5.69 Å². The smallest absolute Gasteiger partial charge is 0.173 e. The molecule has 0 saturated carbocycles. The first-order valence-electron chi connectivity index (χ1n) is 5.94. The van der Waals surface area contributed by atoms with Crippen molar-refractivity contribution in [2.45, 2.75) is 0 Å². The Bertz CT molecular complexity index is 743. The summed E-state index contributed by atoms with van der Waals surface area (Å²) in [5.74, 6) is 0.246. The van der Waals surface area contributed by atoms with Crippen LogP contribution in [0.3, 0.4) is 0 Å². The first kappa shape index (κ1) is 12.4. The largest absolute Gasteiger partial charge is 0.380 e. The molecular formula is C14H11N5S. The van der Waals surface area contributed by atoms with Gasteiger partial charge in [0.25, 0.3) is 0 Å². The first-order valence-corrected chi connectivity index (χ1v) is 6.76. The number of amidine groups is 1. The molecule has 0 bridgehead atoms. The summed E-state index contributed by atoms with van der Waals surface area (Å²) in [6.45, 7) is 0. The molecule has 5 nitrogen and oxygen atoms in total. The molecule has 0 unspecified atom stereocenters. The Balaban J connectivity index is 1.80. The van der Waals surface area contributed by atoms with Crippen LogP contribution in [0.15, 0.2) is 59.1 Å². The van der Waals surface area contributed by atoms with Crippen LogP contribution >= 0.6 is 11.3 Å². The van der Waals surface area contributed by atoms with Crippen molar-refractivity contribution in [2.24, 2.45) is 15.9 Å². The maximum Gasteiger partial charge on any atom is 0.173 e. The van der Waals surface area contributed by atoms with Gasteiger partial charge >= 0.3 is 0 Å². The average Bonchev–Trinajstić information content (AvgIpc) is 2.90. The van der Waals surface area contributed by atoms with Gasteiger partial charge in [-0.15, -0.1) is 16.4 Å². The Morgan fingerprint density at radius 3 is 2.95 bits per heavy atom. The lowest BCUT2D eigenvalue weighted by molar-refractivity contribution is 1.15. The van der Waals surface area contributed by atoms with E-state index < -0.39 is 0 Å². The first-order chi connectivity index (χ1) is 9.83. The number of nitrogens with two attached hydrogens (primary N) is 1. The molecular weight excluding hydrogens is 270 g/mol. The van der Waals surface area contributed by atoms with Gasteiger partial charge in [0.2, 0.25) is 0 Å². The van der Waals surface area contributed by atoms with Gasteiger partial charge in [0, 0.05) is 22.0 Å². The van der Waals surface area contributed by atoms with Gasteiger partial charge in [-0.1, -0.05) is 18.2 Å². The minimum Gasteiger partial charge on any atom is -0.380 e. The molecule has 3 aromatic rings. The van der Waals surface area contributed by atoms with E-state index in [1.54, 1.807) is 36.1 Å². The molecule has 20 heavy (non-hydrogen) atoms. The lowest BCUT2D eigenvalue weighted by Gasteiger charge is -1.94.